The summed E-state index contributed by atoms with van der Waals surface area (Å²) < 4.78 is 1.88. The lowest BCUT2D eigenvalue weighted by Crippen LogP contribution is -2.40. The zero-order chi connectivity index (χ0) is 13.3. The zero-order valence-corrected chi connectivity index (χ0v) is 11.6. The van der Waals surface area contributed by atoms with E-state index in [1.54, 1.807) is 6.20 Å². The summed E-state index contributed by atoms with van der Waals surface area (Å²) in [7, 11) is 0. The summed E-state index contributed by atoms with van der Waals surface area (Å²) in [6.07, 6.45) is 6.51. The van der Waals surface area contributed by atoms with Crippen LogP contribution in [0.1, 0.15) is 32.3 Å². The van der Waals surface area contributed by atoms with E-state index in [4.69, 9.17) is 0 Å². The lowest BCUT2D eigenvalue weighted by molar-refractivity contribution is 0.339. The van der Waals surface area contributed by atoms with Gasteiger partial charge in [-0.2, -0.15) is 5.10 Å². The summed E-state index contributed by atoms with van der Waals surface area (Å²) in [5, 5.41) is 7.90. The van der Waals surface area contributed by atoms with Crippen molar-refractivity contribution in [2.75, 3.05) is 0 Å². The van der Waals surface area contributed by atoms with Crippen molar-refractivity contribution >= 4 is 0 Å². The van der Waals surface area contributed by atoms with Gasteiger partial charge in [-0.15, -0.1) is 0 Å². The first-order chi connectivity index (χ1) is 9.15. The first-order valence-electron chi connectivity index (χ1n) is 6.99. The molecule has 1 aliphatic carbocycles. The third kappa shape index (κ3) is 2.87. The molecule has 0 aliphatic heterocycles. The van der Waals surface area contributed by atoms with Gasteiger partial charge in [0.15, 0.2) is 0 Å². The summed E-state index contributed by atoms with van der Waals surface area (Å²) in [4.78, 5) is 0. The molecule has 0 spiro atoms. The highest BCUT2D eigenvalue weighted by atomic mass is 15.3. The minimum Gasteiger partial charge on any atom is -0.307 e. The average molecular weight is 255 g/mol. The molecule has 0 unspecified atom stereocenters. The van der Waals surface area contributed by atoms with E-state index in [2.05, 4.69) is 48.5 Å². The quantitative estimate of drug-likeness (QED) is 0.889. The molecule has 0 saturated heterocycles. The minimum absolute atomic E-state index is 0.265. The number of benzene rings is 1. The zero-order valence-electron chi connectivity index (χ0n) is 11.6. The van der Waals surface area contributed by atoms with E-state index < -0.39 is 0 Å². The fourth-order valence-electron chi connectivity index (χ4n) is 2.47. The number of nitrogens with one attached hydrogen (secondary N) is 1. The van der Waals surface area contributed by atoms with Crippen LogP contribution in [-0.2, 0) is 6.54 Å². The predicted molar refractivity (Wildman–Crippen MR) is 77.2 cm³/mol. The van der Waals surface area contributed by atoms with Crippen molar-refractivity contribution < 1.29 is 0 Å². The first-order valence-corrected chi connectivity index (χ1v) is 6.99. The van der Waals surface area contributed by atoms with E-state index in [-0.39, 0.29) is 5.54 Å². The van der Waals surface area contributed by atoms with Crippen LogP contribution >= 0.6 is 0 Å². The van der Waals surface area contributed by atoms with Crippen LogP contribution in [0.4, 0.5) is 0 Å². The van der Waals surface area contributed by atoms with Crippen LogP contribution in [0.3, 0.4) is 0 Å². The van der Waals surface area contributed by atoms with Crippen LogP contribution in [-0.4, -0.2) is 15.3 Å². The van der Waals surface area contributed by atoms with Gasteiger partial charge in [-0.3, -0.25) is 0 Å². The van der Waals surface area contributed by atoms with Crippen LogP contribution < -0.4 is 5.32 Å². The molecular weight excluding hydrogens is 234 g/mol. The van der Waals surface area contributed by atoms with Crippen molar-refractivity contribution in [1.29, 1.82) is 0 Å². The Morgan fingerprint density at radius 1 is 1.26 bits per heavy atom. The fraction of sp³-hybridized carbons (Fsp3) is 0.438. The Morgan fingerprint density at radius 2 is 2.00 bits per heavy atom. The summed E-state index contributed by atoms with van der Waals surface area (Å²) in [5.74, 6) is 0.857. The molecule has 100 valence electrons. The summed E-state index contributed by atoms with van der Waals surface area (Å²) >= 11 is 0. The van der Waals surface area contributed by atoms with E-state index >= 15 is 0 Å². The van der Waals surface area contributed by atoms with Crippen molar-refractivity contribution in [3.05, 3.63) is 48.3 Å². The lowest BCUT2D eigenvalue weighted by atomic mass is 9.98. The normalized spacial score (nSPS) is 15.7. The van der Waals surface area contributed by atoms with Gasteiger partial charge in [0.05, 0.1) is 5.69 Å². The monoisotopic (exact) mass is 255 g/mol. The van der Waals surface area contributed by atoms with Gasteiger partial charge in [0.1, 0.15) is 0 Å². The van der Waals surface area contributed by atoms with Crippen LogP contribution in [0.5, 0.6) is 0 Å². The van der Waals surface area contributed by atoms with Gasteiger partial charge in [0, 0.05) is 24.5 Å². The third-order valence-electron chi connectivity index (χ3n) is 4.05. The Kier molecular flexibility index (Phi) is 3.15. The molecule has 1 aliphatic rings. The number of hydrogen-bond donors (Lipinski definition) is 1. The Labute approximate surface area is 114 Å². The highest BCUT2D eigenvalue weighted by Crippen LogP contribution is 2.39. The summed E-state index contributed by atoms with van der Waals surface area (Å²) in [5.41, 5.74) is 2.69. The van der Waals surface area contributed by atoms with Crippen LogP contribution in [0, 0.1) is 5.92 Å². The van der Waals surface area contributed by atoms with Gasteiger partial charge in [0.25, 0.3) is 0 Å². The highest BCUT2D eigenvalue weighted by molar-refractivity contribution is 5.33. The molecule has 19 heavy (non-hydrogen) atoms. The van der Waals surface area contributed by atoms with E-state index in [9.17, 15) is 0 Å². The second-order valence-corrected chi connectivity index (χ2v) is 5.97. The molecular formula is C16H21N3. The lowest BCUT2D eigenvalue weighted by Gasteiger charge is -2.26. The Balaban J connectivity index is 1.63. The van der Waals surface area contributed by atoms with E-state index in [0.717, 1.165) is 18.2 Å². The summed E-state index contributed by atoms with van der Waals surface area (Å²) in [6.45, 7) is 5.55. The molecule has 1 aromatic carbocycles. The van der Waals surface area contributed by atoms with Gasteiger partial charge in [-0.05, 0) is 56.4 Å². The molecule has 1 saturated carbocycles. The Hall–Kier alpha value is -1.61. The molecule has 1 N–H and O–H groups in total. The predicted octanol–water partition coefficient (Wildman–Crippen LogP) is 3.15. The van der Waals surface area contributed by atoms with Crippen molar-refractivity contribution in [2.45, 2.75) is 38.8 Å². The number of rotatable bonds is 5. The minimum atomic E-state index is 0.265. The van der Waals surface area contributed by atoms with Crippen LogP contribution in [0.25, 0.3) is 5.69 Å². The molecule has 1 heterocycles. The number of hydrogen-bond acceptors (Lipinski definition) is 2. The standard InChI is InChI=1S/C16H21N3/c1-16(2,14-6-7-14)17-12-13-4-8-15(9-5-13)19-11-3-10-18-19/h3-5,8-11,14,17H,6-7,12H2,1-2H3. The average Bonchev–Trinajstić information content (AvgIpc) is 3.15. The molecule has 0 atom stereocenters. The Bertz CT molecular complexity index is 522. The van der Waals surface area contributed by atoms with Gasteiger partial charge < -0.3 is 5.32 Å². The Morgan fingerprint density at radius 3 is 2.58 bits per heavy atom. The van der Waals surface area contributed by atoms with Gasteiger partial charge in [-0.1, -0.05) is 12.1 Å². The van der Waals surface area contributed by atoms with E-state index in [1.165, 1.54) is 18.4 Å². The van der Waals surface area contributed by atoms with Gasteiger partial charge >= 0.3 is 0 Å². The van der Waals surface area contributed by atoms with E-state index in [0.29, 0.717) is 0 Å². The summed E-state index contributed by atoms with van der Waals surface area (Å²) in [6, 6.07) is 10.5. The van der Waals surface area contributed by atoms with Crippen LogP contribution in [0.15, 0.2) is 42.7 Å². The fourth-order valence-corrected chi connectivity index (χ4v) is 2.47. The van der Waals surface area contributed by atoms with Gasteiger partial charge in [0.2, 0.25) is 0 Å². The van der Waals surface area contributed by atoms with Gasteiger partial charge in [-0.25, -0.2) is 4.68 Å². The molecule has 0 bridgehead atoms. The first kappa shape index (κ1) is 12.4. The molecule has 3 heteroatoms. The SMILES string of the molecule is CC(C)(NCc1ccc(-n2cccn2)cc1)C1CC1. The number of aromatic nitrogens is 2. The van der Waals surface area contributed by atoms with Crippen molar-refractivity contribution in [3.8, 4) is 5.69 Å². The van der Waals surface area contributed by atoms with Crippen molar-refractivity contribution in [3.63, 3.8) is 0 Å². The van der Waals surface area contributed by atoms with Crippen LogP contribution in [0.2, 0.25) is 0 Å². The topological polar surface area (TPSA) is 29.9 Å². The molecule has 2 aromatic rings. The third-order valence-corrected chi connectivity index (χ3v) is 4.05. The molecule has 3 rings (SSSR count). The van der Waals surface area contributed by atoms with E-state index in [1.807, 2.05) is 16.9 Å². The molecule has 3 nitrogen and oxygen atoms in total. The van der Waals surface area contributed by atoms with Crippen molar-refractivity contribution in [2.24, 2.45) is 5.92 Å². The maximum atomic E-state index is 4.23. The van der Waals surface area contributed by atoms with Crippen molar-refractivity contribution in [1.82, 2.24) is 15.1 Å². The molecule has 0 amide bonds. The maximum absolute atomic E-state index is 4.23. The molecule has 1 aromatic heterocycles. The highest BCUT2D eigenvalue weighted by Gasteiger charge is 2.36. The smallest absolute Gasteiger partial charge is 0.0645 e. The maximum Gasteiger partial charge on any atom is 0.0645 e. The number of nitrogens with zero attached hydrogens (tertiary/aromatic N) is 2. The molecule has 1 fully saturated rings. The second kappa shape index (κ2) is 4.82. The second-order valence-electron chi connectivity index (χ2n) is 5.97. The largest absolute Gasteiger partial charge is 0.307 e. The molecule has 0 radical (unpaired) electrons.